The fourth-order valence-electron chi connectivity index (χ4n) is 2.99. The first-order chi connectivity index (χ1) is 15.1. The number of para-hydroxylation sites is 1. The summed E-state index contributed by atoms with van der Waals surface area (Å²) in [6.45, 7) is 4.62. The van der Waals surface area contributed by atoms with E-state index in [2.05, 4.69) is 20.8 Å². The van der Waals surface area contributed by atoms with Crippen LogP contribution in [0.25, 0.3) is 10.9 Å². The quantitative estimate of drug-likeness (QED) is 0.404. The SMILES string of the molecule is CCNC(=O)COc1ccc(/C=N\Nc2nc3ccccc3c(=O)n2CC)cc1OC. The first-order valence-corrected chi connectivity index (χ1v) is 9.93. The topological polar surface area (TPSA) is 107 Å². The van der Waals surface area contributed by atoms with Crippen molar-refractivity contribution in [3.8, 4) is 11.5 Å². The number of nitrogens with zero attached hydrogens (tertiary/aromatic N) is 3. The first-order valence-electron chi connectivity index (χ1n) is 9.93. The minimum atomic E-state index is -0.204. The predicted molar refractivity (Wildman–Crippen MR) is 120 cm³/mol. The second-order valence-electron chi connectivity index (χ2n) is 6.52. The van der Waals surface area contributed by atoms with Crippen LogP contribution in [0.15, 0.2) is 52.4 Å². The average Bonchev–Trinajstić information content (AvgIpc) is 2.78. The zero-order chi connectivity index (χ0) is 22.2. The highest BCUT2D eigenvalue weighted by atomic mass is 16.5. The maximum Gasteiger partial charge on any atom is 0.262 e. The van der Waals surface area contributed by atoms with Crippen LogP contribution in [0, 0.1) is 0 Å². The summed E-state index contributed by atoms with van der Waals surface area (Å²) >= 11 is 0. The Balaban J connectivity index is 1.76. The van der Waals surface area contributed by atoms with Crippen molar-refractivity contribution in [3.63, 3.8) is 0 Å². The van der Waals surface area contributed by atoms with Gasteiger partial charge in [-0.05, 0) is 49.7 Å². The molecule has 9 heteroatoms. The molecule has 0 saturated carbocycles. The van der Waals surface area contributed by atoms with Crippen LogP contribution in [0.4, 0.5) is 5.95 Å². The number of aromatic nitrogens is 2. The molecule has 2 aromatic carbocycles. The van der Waals surface area contributed by atoms with Crippen molar-refractivity contribution in [2.45, 2.75) is 20.4 Å². The average molecular weight is 423 g/mol. The van der Waals surface area contributed by atoms with Crippen molar-refractivity contribution < 1.29 is 14.3 Å². The number of amides is 1. The number of nitrogens with one attached hydrogen (secondary N) is 2. The Morgan fingerprint density at radius 1 is 1.19 bits per heavy atom. The fraction of sp³-hybridized carbons (Fsp3) is 0.273. The molecule has 1 aromatic heterocycles. The molecular formula is C22H25N5O4. The Kier molecular flexibility index (Phi) is 7.21. The molecule has 1 amide bonds. The molecule has 0 atom stereocenters. The summed E-state index contributed by atoms with van der Waals surface area (Å²) < 4.78 is 12.4. The molecule has 0 fully saturated rings. The van der Waals surface area contributed by atoms with E-state index in [1.54, 1.807) is 36.5 Å². The summed E-state index contributed by atoms with van der Waals surface area (Å²) in [5.74, 6) is 1.08. The number of carbonyl (C=O) groups excluding carboxylic acids is 1. The molecule has 31 heavy (non-hydrogen) atoms. The number of ether oxygens (including phenoxy) is 2. The van der Waals surface area contributed by atoms with E-state index in [0.717, 1.165) is 5.56 Å². The number of carbonyl (C=O) groups is 1. The normalized spacial score (nSPS) is 10.9. The van der Waals surface area contributed by atoms with Gasteiger partial charge in [0, 0.05) is 13.1 Å². The maximum absolute atomic E-state index is 12.7. The molecule has 1 heterocycles. The second kappa shape index (κ2) is 10.2. The van der Waals surface area contributed by atoms with Gasteiger partial charge in [-0.25, -0.2) is 10.4 Å². The van der Waals surface area contributed by atoms with Crippen molar-refractivity contribution >= 4 is 29.0 Å². The van der Waals surface area contributed by atoms with Gasteiger partial charge in [0.05, 0.1) is 24.2 Å². The number of anilines is 1. The smallest absolute Gasteiger partial charge is 0.262 e. The van der Waals surface area contributed by atoms with Gasteiger partial charge in [-0.1, -0.05) is 12.1 Å². The van der Waals surface area contributed by atoms with Gasteiger partial charge in [-0.2, -0.15) is 5.10 Å². The van der Waals surface area contributed by atoms with Gasteiger partial charge in [0.2, 0.25) is 5.95 Å². The third-order valence-electron chi connectivity index (χ3n) is 4.48. The summed E-state index contributed by atoms with van der Waals surface area (Å²) in [6, 6.07) is 12.4. The fourth-order valence-corrected chi connectivity index (χ4v) is 2.99. The molecule has 0 spiro atoms. The lowest BCUT2D eigenvalue weighted by Crippen LogP contribution is -2.28. The molecule has 162 valence electrons. The Morgan fingerprint density at radius 2 is 2.00 bits per heavy atom. The van der Waals surface area contributed by atoms with Crippen molar-refractivity contribution in [2.75, 3.05) is 25.7 Å². The summed E-state index contributed by atoms with van der Waals surface area (Å²) in [6.07, 6.45) is 1.58. The van der Waals surface area contributed by atoms with Crippen LogP contribution < -0.4 is 25.8 Å². The van der Waals surface area contributed by atoms with Gasteiger partial charge in [-0.3, -0.25) is 14.2 Å². The molecule has 9 nitrogen and oxygen atoms in total. The van der Waals surface area contributed by atoms with Crippen LogP contribution >= 0.6 is 0 Å². The highest BCUT2D eigenvalue weighted by Gasteiger charge is 2.10. The van der Waals surface area contributed by atoms with E-state index in [0.29, 0.717) is 41.4 Å². The number of hydrazone groups is 1. The van der Waals surface area contributed by atoms with Crippen LogP contribution in [0.2, 0.25) is 0 Å². The molecule has 0 aliphatic carbocycles. The second-order valence-corrected chi connectivity index (χ2v) is 6.52. The van der Waals surface area contributed by atoms with E-state index in [4.69, 9.17) is 9.47 Å². The highest BCUT2D eigenvalue weighted by molar-refractivity contribution is 5.82. The highest BCUT2D eigenvalue weighted by Crippen LogP contribution is 2.27. The van der Waals surface area contributed by atoms with Crippen LogP contribution in [0.5, 0.6) is 11.5 Å². The van der Waals surface area contributed by atoms with E-state index < -0.39 is 0 Å². The minimum absolute atomic E-state index is 0.0959. The molecule has 2 N–H and O–H groups in total. The molecule has 0 aliphatic heterocycles. The van der Waals surface area contributed by atoms with Crippen molar-refractivity contribution in [2.24, 2.45) is 5.10 Å². The minimum Gasteiger partial charge on any atom is -0.493 e. The molecule has 0 bridgehead atoms. The van der Waals surface area contributed by atoms with Crippen molar-refractivity contribution in [1.29, 1.82) is 0 Å². The van der Waals surface area contributed by atoms with E-state index >= 15 is 0 Å². The van der Waals surface area contributed by atoms with E-state index in [1.807, 2.05) is 26.0 Å². The number of benzene rings is 2. The third kappa shape index (κ3) is 5.19. The van der Waals surface area contributed by atoms with E-state index in [-0.39, 0.29) is 18.1 Å². The predicted octanol–water partition coefficient (Wildman–Crippen LogP) is 2.39. The Labute approximate surface area is 179 Å². The van der Waals surface area contributed by atoms with Crippen molar-refractivity contribution in [1.82, 2.24) is 14.9 Å². The Morgan fingerprint density at radius 3 is 2.74 bits per heavy atom. The molecule has 3 rings (SSSR count). The number of rotatable bonds is 9. The Hall–Kier alpha value is -3.88. The largest absolute Gasteiger partial charge is 0.493 e. The monoisotopic (exact) mass is 423 g/mol. The van der Waals surface area contributed by atoms with E-state index in [9.17, 15) is 9.59 Å². The third-order valence-corrected chi connectivity index (χ3v) is 4.48. The first kappa shape index (κ1) is 21.8. The molecule has 0 radical (unpaired) electrons. The van der Waals surface area contributed by atoms with Crippen LogP contribution in [-0.4, -0.2) is 41.9 Å². The zero-order valence-electron chi connectivity index (χ0n) is 17.7. The number of likely N-dealkylation sites (N-methyl/N-ethyl adjacent to an activating group) is 1. The number of hydrogen-bond acceptors (Lipinski definition) is 7. The van der Waals surface area contributed by atoms with E-state index in [1.165, 1.54) is 11.7 Å². The van der Waals surface area contributed by atoms with Gasteiger partial charge in [0.25, 0.3) is 11.5 Å². The van der Waals surface area contributed by atoms with Crippen molar-refractivity contribution in [3.05, 3.63) is 58.4 Å². The number of fused-ring (bicyclic) bond motifs is 1. The molecule has 3 aromatic rings. The summed E-state index contributed by atoms with van der Waals surface area (Å²) in [7, 11) is 1.52. The molecule has 0 saturated heterocycles. The lowest BCUT2D eigenvalue weighted by atomic mass is 10.2. The van der Waals surface area contributed by atoms with Gasteiger partial charge < -0.3 is 14.8 Å². The Bertz CT molecular complexity index is 1160. The summed E-state index contributed by atoms with van der Waals surface area (Å²) in [4.78, 5) is 28.7. The standard InChI is InChI=1S/C22H25N5O4/c1-4-23-20(28)14-31-18-11-10-15(12-19(18)30-3)13-24-26-22-25-17-9-7-6-8-16(17)21(29)27(22)5-2/h6-13H,4-5,14H2,1-3H3,(H,23,28)(H,25,26)/b24-13-. The van der Waals surface area contributed by atoms with Gasteiger partial charge >= 0.3 is 0 Å². The zero-order valence-corrected chi connectivity index (χ0v) is 17.7. The molecule has 0 aliphatic rings. The summed E-state index contributed by atoms with van der Waals surface area (Å²) in [5, 5.41) is 7.44. The maximum atomic E-state index is 12.7. The van der Waals surface area contributed by atoms with Gasteiger partial charge in [-0.15, -0.1) is 0 Å². The summed E-state index contributed by atoms with van der Waals surface area (Å²) in [5.41, 5.74) is 4.06. The van der Waals surface area contributed by atoms with Crippen LogP contribution in [0.3, 0.4) is 0 Å². The van der Waals surface area contributed by atoms with Gasteiger partial charge in [0.1, 0.15) is 0 Å². The lowest BCUT2D eigenvalue weighted by Gasteiger charge is -2.11. The molecular weight excluding hydrogens is 398 g/mol. The van der Waals surface area contributed by atoms with Gasteiger partial charge in [0.15, 0.2) is 18.1 Å². The number of methoxy groups -OCH3 is 1. The number of hydrogen-bond donors (Lipinski definition) is 2. The van der Waals surface area contributed by atoms with Crippen LogP contribution in [-0.2, 0) is 11.3 Å². The van der Waals surface area contributed by atoms with Crippen LogP contribution in [0.1, 0.15) is 19.4 Å². The lowest BCUT2D eigenvalue weighted by molar-refractivity contribution is -0.123. The molecule has 0 unspecified atom stereocenters.